The minimum Gasteiger partial charge on any atom is -0.367 e. The van der Waals surface area contributed by atoms with Crippen molar-refractivity contribution in [1.82, 2.24) is 0 Å². The highest BCUT2D eigenvalue weighted by Gasteiger charge is 2.44. The zero-order valence-corrected chi connectivity index (χ0v) is 13.2. The van der Waals surface area contributed by atoms with E-state index in [1.807, 2.05) is 6.92 Å². The third-order valence-electron chi connectivity index (χ3n) is 4.65. The average molecular weight is 292 g/mol. The van der Waals surface area contributed by atoms with E-state index in [9.17, 15) is 9.18 Å². The number of hydrogen-bond donors (Lipinski definition) is 0. The second kappa shape index (κ2) is 6.27. The van der Waals surface area contributed by atoms with Crippen LogP contribution in [0.25, 0.3) is 0 Å². The largest absolute Gasteiger partial charge is 0.367 e. The highest BCUT2D eigenvalue weighted by molar-refractivity contribution is 5.89. The molecular weight excluding hydrogens is 267 g/mol. The molecule has 0 heterocycles. The molecule has 0 aliphatic heterocycles. The number of carbonyl (C=O) groups excluding carboxylic acids is 1. The average Bonchev–Trinajstić information content (AvgIpc) is 2.44. The van der Waals surface area contributed by atoms with Crippen LogP contribution in [0, 0.1) is 11.2 Å². The van der Waals surface area contributed by atoms with Gasteiger partial charge in [0.25, 0.3) is 0 Å². The standard InChI is InChI=1S/C18H25FO2/c1-4-21-18(11-9-17(2,3)10-12-18)16(20)13-14-7-5-6-8-15(14)19/h5-8H,4,9-13H2,1-3H3. The molecule has 21 heavy (non-hydrogen) atoms. The molecular formula is C18H25FO2. The second-order valence-electron chi connectivity index (χ2n) is 6.78. The number of halogens is 1. The van der Waals surface area contributed by atoms with Crippen LogP contribution < -0.4 is 0 Å². The van der Waals surface area contributed by atoms with Crippen molar-refractivity contribution < 1.29 is 13.9 Å². The minimum atomic E-state index is -0.716. The summed E-state index contributed by atoms with van der Waals surface area (Å²) in [6, 6.07) is 6.49. The third-order valence-corrected chi connectivity index (χ3v) is 4.65. The molecule has 0 saturated heterocycles. The fourth-order valence-corrected chi connectivity index (χ4v) is 3.09. The van der Waals surface area contributed by atoms with Gasteiger partial charge < -0.3 is 4.74 Å². The molecule has 1 aromatic carbocycles. The lowest BCUT2D eigenvalue weighted by Crippen LogP contribution is -2.47. The first kappa shape index (κ1) is 16.2. The van der Waals surface area contributed by atoms with Crippen LogP contribution in [0.1, 0.15) is 52.0 Å². The summed E-state index contributed by atoms with van der Waals surface area (Å²) >= 11 is 0. The molecule has 0 radical (unpaired) electrons. The van der Waals surface area contributed by atoms with E-state index in [-0.39, 0.29) is 23.4 Å². The molecule has 0 unspecified atom stereocenters. The van der Waals surface area contributed by atoms with Crippen molar-refractivity contribution in [3.8, 4) is 0 Å². The van der Waals surface area contributed by atoms with Crippen LogP contribution in [0.15, 0.2) is 24.3 Å². The predicted molar refractivity (Wildman–Crippen MR) is 81.7 cm³/mol. The number of hydrogen-bond acceptors (Lipinski definition) is 2. The smallest absolute Gasteiger partial charge is 0.169 e. The van der Waals surface area contributed by atoms with Crippen LogP contribution in [0.5, 0.6) is 0 Å². The van der Waals surface area contributed by atoms with Crippen molar-refractivity contribution in [2.75, 3.05) is 6.61 Å². The number of ether oxygens (including phenoxy) is 1. The Kier molecular flexibility index (Phi) is 4.82. The van der Waals surface area contributed by atoms with E-state index in [2.05, 4.69) is 13.8 Å². The molecule has 1 aliphatic rings. The maximum Gasteiger partial charge on any atom is 0.169 e. The van der Waals surface area contributed by atoms with Crippen molar-refractivity contribution >= 4 is 5.78 Å². The Morgan fingerprint density at radius 3 is 2.38 bits per heavy atom. The summed E-state index contributed by atoms with van der Waals surface area (Å²) in [5.74, 6) is -0.293. The maximum atomic E-state index is 13.8. The second-order valence-corrected chi connectivity index (χ2v) is 6.78. The quantitative estimate of drug-likeness (QED) is 0.808. The number of rotatable bonds is 5. The fourth-order valence-electron chi connectivity index (χ4n) is 3.09. The monoisotopic (exact) mass is 292 g/mol. The lowest BCUT2D eigenvalue weighted by atomic mass is 9.69. The molecule has 0 atom stereocenters. The Hall–Kier alpha value is -1.22. The molecule has 0 spiro atoms. The molecule has 0 aromatic heterocycles. The lowest BCUT2D eigenvalue weighted by Gasteiger charge is -2.42. The van der Waals surface area contributed by atoms with Crippen LogP contribution in [-0.4, -0.2) is 18.0 Å². The lowest BCUT2D eigenvalue weighted by molar-refractivity contribution is -0.151. The zero-order valence-electron chi connectivity index (χ0n) is 13.2. The molecule has 2 nitrogen and oxygen atoms in total. The Labute approximate surface area is 126 Å². The Morgan fingerprint density at radius 1 is 1.19 bits per heavy atom. The van der Waals surface area contributed by atoms with Crippen LogP contribution >= 0.6 is 0 Å². The van der Waals surface area contributed by atoms with Gasteiger partial charge in [0.2, 0.25) is 0 Å². The molecule has 1 aliphatic carbocycles. The van der Waals surface area contributed by atoms with E-state index in [1.54, 1.807) is 18.2 Å². The first-order valence-electron chi connectivity index (χ1n) is 7.79. The van der Waals surface area contributed by atoms with Gasteiger partial charge in [0.15, 0.2) is 5.78 Å². The first-order valence-corrected chi connectivity index (χ1v) is 7.79. The van der Waals surface area contributed by atoms with Gasteiger partial charge in [0.1, 0.15) is 11.4 Å². The van der Waals surface area contributed by atoms with Gasteiger partial charge in [0, 0.05) is 13.0 Å². The van der Waals surface area contributed by atoms with Gasteiger partial charge >= 0.3 is 0 Å². The van der Waals surface area contributed by atoms with E-state index in [0.29, 0.717) is 12.2 Å². The summed E-state index contributed by atoms with van der Waals surface area (Å²) in [7, 11) is 0. The van der Waals surface area contributed by atoms with Crippen molar-refractivity contribution in [3.05, 3.63) is 35.6 Å². The Bertz CT molecular complexity index is 498. The van der Waals surface area contributed by atoms with E-state index >= 15 is 0 Å². The van der Waals surface area contributed by atoms with Gasteiger partial charge in [0.05, 0.1) is 0 Å². The summed E-state index contributed by atoms with van der Waals surface area (Å²) in [5, 5.41) is 0. The summed E-state index contributed by atoms with van der Waals surface area (Å²) in [5.41, 5.74) is 0.0113. The van der Waals surface area contributed by atoms with Crippen LogP contribution in [0.4, 0.5) is 4.39 Å². The van der Waals surface area contributed by atoms with Gasteiger partial charge in [-0.25, -0.2) is 4.39 Å². The van der Waals surface area contributed by atoms with E-state index in [0.717, 1.165) is 25.7 Å². The summed E-state index contributed by atoms with van der Waals surface area (Å²) in [6.45, 7) is 6.88. The van der Waals surface area contributed by atoms with Crippen LogP contribution in [-0.2, 0) is 16.0 Å². The number of Topliss-reactive ketones (excluding diaryl/α,β-unsaturated/α-hetero) is 1. The number of carbonyl (C=O) groups is 1. The topological polar surface area (TPSA) is 26.3 Å². The molecule has 0 bridgehead atoms. The van der Waals surface area contributed by atoms with Crippen molar-refractivity contribution in [2.24, 2.45) is 5.41 Å². The van der Waals surface area contributed by atoms with Gasteiger partial charge in [-0.05, 0) is 49.7 Å². The number of ketones is 1. The SMILES string of the molecule is CCOC1(C(=O)Cc2ccccc2F)CCC(C)(C)CC1. The molecule has 1 fully saturated rings. The summed E-state index contributed by atoms with van der Waals surface area (Å²) in [6.07, 6.45) is 3.53. The highest BCUT2D eigenvalue weighted by atomic mass is 19.1. The van der Waals surface area contributed by atoms with Crippen molar-refractivity contribution in [2.45, 2.75) is 58.5 Å². The third kappa shape index (κ3) is 3.70. The van der Waals surface area contributed by atoms with Crippen LogP contribution in [0.3, 0.4) is 0 Å². The fraction of sp³-hybridized carbons (Fsp3) is 0.611. The molecule has 0 N–H and O–H groups in total. The predicted octanol–water partition coefficient (Wildman–Crippen LogP) is 4.31. The van der Waals surface area contributed by atoms with Gasteiger partial charge in [-0.1, -0.05) is 32.0 Å². The maximum absolute atomic E-state index is 13.8. The summed E-state index contributed by atoms with van der Waals surface area (Å²) in [4.78, 5) is 12.8. The van der Waals surface area contributed by atoms with Gasteiger partial charge in [-0.3, -0.25) is 4.79 Å². The molecule has 1 saturated carbocycles. The van der Waals surface area contributed by atoms with E-state index in [4.69, 9.17) is 4.74 Å². The van der Waals surface area contributed by atoms with Gasteiger partial charge in [-0.2, -0.15) is 0 Å². The number of benzene rings is 1. The molecule has 2 rings (SSSR count). The Balaban J connectivity index is 2.15. The summed E-state index contributed by atoms with van der Waals surface area (Å²) < 4.78 is 19.6. The Morgan fingerprint density at radius 2 is 1.81 bits per heavy atom. The first-order chi connectivity index (χ1) is 9.88. The normalized spacial score (nSPS) is 20.2. The van der Waals surface area contributed by atoms with Crippen molar-refractivity contribution in [3.63, 3.8) is 0 Å². The molecule has 116 valence electrons. The molecule has 3 heteroatoms. The minimum absolute atomic E-state index is 0.0185. The molecule has 1 aromatic rings. The van der Waals surface area contributed by atoms with E-state index < -0.39 is 5.60 Å². The van der Waals surface area contributed by atoms with E-state index in [1.165, 1.54) is 6.07 Å². The van der Waals surface area contributed by atoms with Gasteiger partial charge in [-0.15, -0.1) is 0 Å². The van der Waals surface area contributed by atoms with Crippen LogP contribution in [0.2, 0.25) is 0 Å². The zero-order chi connectivity index (χ0) is 15.5. The highest BCUT2D eigenvalue weighted by Crippen LogP contribution is 2.43. The molecule has 0 amide bonds. The van der Waals surface area contributed by atoms with Crippen molar-refractivity contribution in [1.29, 1.82) is 0 Å².